The van der Waals surface area contributed by atoms with Crippen LogP contribution in [0.3, 0.4) is 0 Å². The molecule has 0 fully saturated rings. The number of imidazole rings is 1. The Hall–Kier alpha value is -2.71. The van der Waals surface area contributed by atoms with Crippen LogP contribution >= 0.6 is 0 Å². The van der Waals surface area contributed by atoms with E-state index in [4.69, 9.17) is 5.73 Å². The minimum absolute atomic E-state index is 0.0949. The highest BCUT2D eigenvalue weighted by atomic mass is 16.2. The predicted molar refractivity (Wildman–Crippen MR) is 77.9 cm³/mol. The molecule has 2 rings (SSSR count). The number of nitrogens with zero attached hydrogens (tertiary/aromatic N) is 6. The van der Waals surface area contributed by atoms with E-state index >= 15 is 0 Å². The summed E-state index contributed by atoms with van der Waals surface area (Å²) in [4.78, 5) is 29.9. The van der Waals surface area contributed by atoms with Crippen molar-refractivity contribution in [2.24, 2.45) is 0 Å². The molecule has 0 bridgehead atoms. The van der Waals surface area contributed by atoms with Gasteiger partial charge in [-0.05, 0) is 13.8 Å². The number of nitrogens with two attached hydrogens (primary N) is 1. The van der Waals surface area contributed by atoms with Gasteiger partial charge in [-0.15, -0.1) is 0 Å². The van der Waals surface area contributed by atoms with Crippen molar-refractivity contribution in [2.45, 2.75) is 13.8 Å². The molecule has 0 aliphatic carbocycles. The molecule has 3 N–H and O–H groups in total. The maximum atomic E-state index is 11.7. The van der Waals surface area contributed by atoms with Crippen LogP contribution in [-0.4, -0.2) is 50.0 Å². The first kappa shape index (κ1) is 14.7. The van der Waals surface area contributed by atoms with Crippen molar-refractivity contribution in [2.75, 3.05) is 30.3 Å². The molecule has 9 heteroatoms. The molecule has 0 aliphatic rings. The van der Waals surface area contributed by atoms with Crippen LogP contribution in [0.15, 0.2) is 18.7 Å². The molecule has 0 atom stereocenters. The third-order valence-electron chi connectivity index (χ3n) is 2.74. The zero-order chi connectivity index (χ0) is 15.2. The van der Waals surface area contributed by atoms with Crippen LogP contribution in [0.5, 0.6) is 0 Å². The number of anilines is 2. The van der Waals surface area contributed by atoms with Gasteiger partial charge in [-0.2, -0.15) is 15.0 Å². The fourth-order valence-electron chi connectivity index (χ4n) is 1.75. The molecule has 0 aliphatic heterocycles. The summed E-state index contributed by atoms with van der Waals surface area (Å²) in [5.41, 5.74) is 5.72. The summed E-state index contributed by atoms with van der Waals surface area (Å²) in [6, 6.07) is 0. The van der Waals surface area contributed by atoms with Crippen molar-refractivity contribution in [3.8, 4) is 5.95 Å². The fourth-order valence-corrected chi connectivity index (χ4v) is 1.75. The Morgan fingerprint density at radius 2 is 2.19 bits per heavy atom. The minimum Gasteiger partial charge on any atom is -0.368 e. The summed E-state index contributed by atoms with van der Waals surface area (Å²) >= 11 is 0. The number of nitrogen functional groups attached to an aromatic ring is 1. The van der Waals surface area contributed by atoms with Crippen LogP contribution in [-0.2, 0) is 4.79 Å². The smallest absolute Gasteiger partial charge is 0.241 e. The van der Waals surface area contributed by atoms with E-state index in [1.54, 1.807) is 28.2 Å². The SMILES string of the molecule is CCNC(=O)CN(CC)c1nc(N)nc(-n2ccnc2)n1. The van der Waals surface area contributed by atoms with Gasteiger partial charge in [0.1, 0.15) is 6.33 Å². The predicted octanol–water partition coefficient (Wildman–Crippen LogP) is -0.398. The number of carbonyl (C=O) groups excluding carboxylic acids is 1. The Bertz CT molecular complexity index is 597. The molecule has 0 saturated carbocycles. The lowest BCUT2D eigenvalue weighted by molar-refractivity contribution is -0.119. The molecule has 1 amide bonds. The minimum atomic E-state index is -0.0949. The molecule has 112 valence electrons. The second kappa shape index (κ2) is 6.64. The summed E-state index contributed by atoms with van der Waals surface area (Å²) < 4.78 is 1.63. The second-order valence-corrected chi connectivity index (χ2v) is 4.23. The van der Waals surface area contributed by atoms with Gasteiger partial charge in [-0.25, -0.2) is 4.98 Å². The summed E-state index contributed by atoms with van der Waals surface area (Å²) in [5.74, 6) is 0.727. The van der Waals surface area contributed by atoms with Crippen molar-refractivity contribution in [1.29, 1.82) is 0 Å². The van der Waals surface area contributed by atoms with E-state index < -0.39 is 0 Å². The number of aromatic nitrogens is 5. The van der Waals surface area contributed by atoms with Gasteiger partial charge in [0.25, 0.3) is 0 Å². The van der Waals surface area contributed by atoms with E-state index in [9.17, 15) is 4.79 Å². The Morgan fingerprint density at radius 1 is 1.38 bits per heavy atom. The molecular weight excluding hydrogens is 272 g/mol. The average molecular weight is 290 g/mol. The van der Waals surface area contributed by atoms with Gasteiger partial charge < -0.3 is 16.0 Å². The first-order valence-electron chi connectivity index (χ1n) is 6.65. The zero-order valence-corrected chi connectivity index (χ0v) is 12.0. The van der Waals surface area contributed by atoms with E-state index in [0.717, 1.165) is 0 Å². The van der Waals surface area contributed by atoms with Gasteiger partial charge in [0.15, 0.2) is 0 Å². The maximum Gasteiger partial charge on any atom is 0.241 e. The first-order chi connectivity index (χ1) is 10.1. The van der Waals surface area contributed by atoms with Crippen molar-refractivity contribution >= 4 is 17.8 Å². The summed E-state index contributed by atoms with van der Waals surface area (Å²) in [6.07, 6.45) is 4.89. The normalized spacial score (nSPS) is 10.4. The number of carbonyl (C=O) groups is 1. The van der Waals surface area contributed by atoms with Crippen molar-refractivity contribution in [3.05, 3.63) is 18.7 Å². The molecular formula is C12H18N8O. The molecule has 2 heterocycles. The summed E-state index contributed by atoms with van der Waals surface area (Å²) in [6.45, 7) is 5.10. The van der Waals surface area contributed by atoms with E-state index in [0.29, 0.717) is 25.0 Å². The maximum absolute atomic E-state index is 11.7. The Labute approximate surface area is 122 Å². The molecule has 2 aromatic rings. The quantitative estimate of drug-likeness (QED) is 0.744. The van der Waals surface area contributed by atoms with Gasteiger partial charge in [0, 0.05) is 25.5 Å². The Balaban J connectivity index is 2.27. The monoisotopic (exact) mass is 290 g/mol. The lowest BCUT2D eigenvalue weighted by Crippen LogP contribution is -2.38. The second-order valence-electron chi connectivity index (χ2n) is 4.23. The van der Waals surface area contributed by atoms with Crippen LogP contribution in [0.4, 0.5) is 11.9 Å². The van der Waals surface area contributed by atoms with E-state index in [1.807, 2.05) is 13.8 Å². The number of amides is 1. The van der Waals surface area contributed by atoms with Gasteiger partial charge in [-0.1, -0.05) is 0 Å². The van der Waals surface area contributed by atoms with Crippen molar-refractivity contribution < 1.29 is 4.79 Å². The van der Waals surface area contributed by atoms with Crippen LogP contribution in [0.1, 0.15) is 13.8 Å². The van der Waals surface area contributed by atoms with Crippen molar-refractivity contribution in [1.82, 2.24) is 29.8 Å². The number of hydrogen-bond acceptors (Lipinski definition) is 7. The van der Waals surface area contributed by atoms with E-state index in [2.05, 4.69) is 25.3 Å². The Morgan fingerprint density at radius 3 is 2.81 bits per heavy atom. The zero-order valence-electron chi connectivity index (χ0n) is 12.0. The molecule has 9 nitrogen and oxygen atoms in total. The molecule has 2 aromatic heterocycles. The summed E-state index contributed by atoms with van der Waals surface area (Å²) in [5, 5.41) is 2.74. The van der Waals surface area contributed by atoms with Crippen LogP contribution in [0.25, 0.3) is 5.95 Å². The molecule has 0 unspecified atom stereocenters. The average Bonchev–Trinajstić information content (AvgIpc) is 2.98. The molecule has 0 saturated heterocycles. The lowest BCUT2D eigenvalue weighted by atomic mass is 10.4. The van der Waals surface area contributed by atoms with Crippen LogP contribution in [0.2, 0.25) is 0 Å². The lowest BCUT2D eigenvalue weighted by Gasteiger charge is -2.20. The van der Waals surface area contributed by atoms with Gasteiger partial charge in [-0.3, -0.25) is 9.36 Å². The number of rotatable bonds is 6. The topological polar surface area (TPSA) is 115 Å². The highest BCUT2D eigenvalue weighted by Crippen LogP contribution is 2.11. The fraction of sp³-hybridized carbons (Fsp3) is 0.417. The third-order valence-corrected chi connectivity index (χ3v) is 2.74. The number of nitrogens with one attached hydrogen (secondary N) is 1. The van der Waals surface area contributed by atoms with E-state index in [1.165, 1.54) is 0 Å². The highest BCUT2D eigenvalue weighted by molar-refractivity contribution is 5.80. The Kier molecular flexibility index (Phi) is 4.64. The molecule has 0 spiro atoms. The van der Waals surface area contributed by atoms with Crippen LogP contribution < -0.4 is 16.0 Å². The standard InChI is InChI=1S/C12H18N8O/c1-3-15-9(21)7-19(4-2)11-16-10(13)17-12(18-11)20-6-5-14-8-20/h5-6,8H,3-4,7H2,1-2H3,(H,15,21)(H2,13,16,17,18). The first-order valence-corrected chi connectivity index (χ1v) is 6.65. The largest absolute Gasteiger partial charge is 0.368 e. The van der Waals surface area contributed by atoms with Gasteiger partial charge in [0.2, 0.25) is 23.8 Å². The third kappa shape index (κ3) is 3.65. The molecule has 0 aromatic carbocycles. The van der Waals surface area contributed by atoms with Crippen molar-refractivity contribution in [3.63, 3.8) is 0 Å². The molecule has 21 heavy (non-hydrogen) atoms. The highest BCUT2D eigenvalue weighted by Gasteiger charge is 2.15. The van der Waals surface area contributed by atoms with E-state index in [-0.39, 0.29) is 18.4 Å². The summed E-state index contributed by atoms with van der Waals surface area (Å²) in [7, 11) is 0. The van der Waals surface area contributed by atoms with Gasteiger partial charge >= 0.3 is 0 Å². The molecule has 0 radical (unpaired) electrons. The number of hydrogen-bond donors (Lipinski definition) is 2. The number of likely N-dealkylation sites (N-methyl/N-ethyl adjacent to an activating group) is 2. The van der Waals surface area contributed by atoms with Gasteiger partial charge in [0.05, 0.1) is 6.54 Å². The van der Waals surface area contributed by atoms with Crippen LogP contribution in [0, 0.1) is 0 Å².